The maximum Gasteiger partial charge on any atom is 0.339 e. The van der Waals surface area contributed by atoms with E-state index < -0.39 is 5.97 Å². The van der Waals surface area contributed by atoms with Crippen LogP contribution in [0, 0.1) is 13.8 Å². The number of rotatable bonds is 5. The van der Waals surface area contributed by atoms with Crippen LogP contribution in [0.5, 0.6) is 0 Å². The van der Waals surface area contributed by atoms with Crippen molar-refractivity contribution in [2.75, 3.05) is 25.0 Å². The Morgan fingerprint density at radius 3 is 2.67 bits per heavy atom. The van der Waals surface area contributed by atoms with Crippen molar-refractivity contribution in [2.45, 2.75) is 46.1 Å². The summed E-state index contributed by atoms with van der Waals surface area (Å²) in [7, 11) is 0. The molecule has 2 heterocycles. The Balaban J connectivity index is 2.06. The zero-order valence-electron chi connectivity index (χ0n) is 13.1. The number of hydrogen-bond donors (Lipinski definition) is 2. The van der Waals surface area contributed by atoms with Crippen LogP contribution in [0.15, 0.2) is 6.07 Å². The summed E-state index contributed by atoms with van der Waals surface area (Å²) in [6, 6.07) is 2.19. The highest BCUT2D eigenvalue weighted by Gasteiger charge is 2.19. The van der Waals surface area contributed by atoms with Crippen molar-refractivity contribution in [2.24, 2.45) is 0 Å². The molecular formula is C16H25N3O2. The lowest BCUT2D eigenvalue weighted by Crippen LogP contribution is -2.41. The summed E-state index contributed by atoms with van der Waals surface area (Å²) in [6.07, 6.45) is 3.83. The van der Waals surface area contributed by atoms with Crippen LogP contribution in [0.3, 0.4) is 0 Å². The van der Waals surface area contributed by atoms with E-state index in [0.717, 1.165) is 30.9 Å². The number of piperidine rings is 1. The van der Waals surface area contributed by atoms with Crippen LogP contribution in [0.1, 0.15) is 47.8 Å². The molecule has 1 aromatic rings. The number of hydrogen-bond acceptors (Lipinski definition) is 4. The summed E-state index contributed by atoms with van der Waals surface area (Å²) >= 11 is 0. The lowest BCUT2D eigenvalue weighted by atomic mass is 10.1. The topological polar surface area (TPSA) is 65.5 Å². The Kier molecular flexibility index (Phi) is 5.17. The molecule has 1 fully saturated rings. The highest BCUT2D eigenvalue weighted by atomic mass is 16.4. The molecule has 1 aliphatic rings. The Bertz CT molecular complexity index is 510. The number of carboxylic acid groups (broad SMARTS) is 1. The zero-order valence-corrected chi connectivity index (χ0v) is 13.1. The van der Waals surface area contributed by atoms with Gasteiger partial charge >= 0.3 is 5.97 Å². The van der Waals surface area contributed by atoms with Gasteiger partial charge in [-0.1, -0.05) is 6.42 Å². The van der Waals surface area contributed by atoms with Gasteiger partial charge in [0.2, 0.25) is 0 Å². The lowest BCUT2D eigenvalue weighted by Gasteiger charge is -2.32. The third kappa shape index (κ3) is 3.94. The summed E-state index contributed by atoms with van der Waals surface area (Å²) in [5.41, 5.74) is 1.88. The Morgan fingerprint density at radius 1 is 1.38 bits per heavy atom. The number of aryl methyl sites for hydroxylation is 2. The van der Waals surface area contributed by atoms with E-state index in [9.17, 15) is 9.90 Å². The molecule has 0 aliphatic carbocycles. The number of nitrogens with zero attached hydrogens (tertiary/aromatic N) is 2. The molecule has 21 heavy (non-hydrogen) atoms. The zero-order chi connectivity index (χ0) is 15.4. The second-order valence-corrected chi connectivity index (χ2v) is 5.94. The fraction of sp³-hybridized carbons (Fsp3) is 0.625. The van der Waals surface area contributed by atoms with Crippen LogP contribution in [0.4, 0.5) is 5.82 Å². The molecule has 0 amide bonds. The number of aromatic carboxylic acids is 1. The molecule has 0 spiro atoms. The predicted octanol–water partition coefficient (Wildman–Crippen LogP) is 2.68. The second kappa shape index (κ2) is 6.89. The van der Waals surface area contributed by atoms with E-state index in [4.69, 9.17) is 0 Å². The third-order valence-corrected chi connectivity index (χ3v) is 4.14. The van der Waals surface area contributed by atoms with Crippen LogP contribution in [-0.4, -0.2) is 46.6 Å². The lowest BCUT2D eigenvalue weighted by molar-refractivity contribution is 0.0696. The molecule has 116 valence electrons. The molecule has 1 aromatic heterocycles. The summed E-state index contributed by atoms with van der Waals surface area (Å²) in [6.45, 7) is 8.87. The van der Waals surface area contributed by atoms with Gasteiger partial charge in [-0.05, 0) is 58.3 Å². The second-order valence-electron chi connectivity index (χ2n) is 5.94. The Hall–Kier alpha value is -1.62. The summed E-state index contributed by atoms with van der Waals surface area (Å²) < 4.78 is 0. The third-order valence-electron chi connectivity index (χ3n) is 4.14. The van der Waals surface area contributed by atoms with Crippen LogP contribution in [0.25, 0.3) is 0 Å². The van der Waals surface area contributed by atoms with Gasteiger partial charge in [-0.2, -0.15) is 0 Å². The average molecular weight is 291 g/mol. The quantitative estimate of drug-likeness (QED) is 0.873. The van der Waals surface area contributed by atoms with Gasteiger partial charge in [0.1, 0.15) is 11.4 Å². The van der Waals surface area contributed by atoms with Gasteiger partial charge in [0.05, 0.1) is 0 Å². The first-order chi connectivity index (χ1) is 9.99. The first kappa shape index (κ1) is 15.8. The van der Waals surface area contributed by atoms with Gasteiger partial charge in [0.25, 0.3) is 0 Å². The SMILES string of the molecule is Cc1cc(C)c(C(=O)O)c(NCC(C)N2CCCCC2)n1. The van der Waals surface area contributed by atoms with E-state index in [0.29, 0.717) is 11.9 Å². The minimum Gasteiger partial charge on any atom is -0.478 e. The van der Waals surface area contributed by atoms with Crippen LogP contribution >= 0.6 is 0 Å². The van der Waals surface area contributed by atoms with Crippen LogP contribution in [-0.2, 0) is 0 Å². The standard InChI is InChI=1S/C16H25N3O2/c1-11-9-12(2)18-15(14(11)16(20)21)17-10-13(3)19-7-5-4-6-8-19/h9,13H,4-8,10H2,1-3H3,(H,17,18)(H,20,21). The first-order valence-corrected chi connectivity index (χ1v) is 7.68. The summed E-state index contributed by atoms with van der Waals surface area (Å²) in [5.74, 6) is -0.433. The van der Waals surface area contributed by atoms with Crippen molar-refractivity contribution in [1.29, 1.82) is 0 Å². The average Bonchev–Trinajstić information content (AvgIpc) is 2.44. The van der Waals surface area contributed by atoms with Gasteiger partial charge in [0, 0.05) is 18.3 Å². The number of carboxylic acids is 1. The number of carbonyl (C=O) groups is 1. The largest absolute Gasteiger partial charge is 0.478 e. The predicted molar refractivity (Wildman–Crippen MR) is 84.0 cm³/mol. The molecule has 5 nitrogen and oxygen atoms in total. The van der Waals surface area contributed by atoms with Crippen LogP contribution in [0.2, 0.25) is 0 Å². The van der Waals surface area contributed by atoms with Gasteiger partial charge in [-0.15, -0.1) is 0 Å². The van der Waals surface area contributed by atoms with Crippen molar-refractivity contribution in [1.82, 2.24) is 9.88 Å². The molecular weight excluding hydrogens is 266 g/mol. The maximum atomic E-state index is 11.4. The molecule has 0 aromatic carbocycles. The van der Waals surface area contributed by atoms with Gasteiger partial charge in [-0.3, -0.25) is 4.90 Å². The minimum absolute atomic E-state index is 0.284. The molecule has 0 saturated carbocycles. The maximum absolute atomic E-state index is 11.4. The van der Waals surface area contributed by atoms with E-state index in [1.165, 1.54) is 19.3 Å². The molecule has 1 atom stereocenters. The Morgan fingerprint density at radius 2 is 2.05 bits per heavy atom. The number of aromatic nitrogens is 1. The minimum atomic E-state index is -0.923. The normalized spacial score (nSPS) is 17.5. The van der Waals surface area contributed by atoms with E-state index >= 15 is 0 Å². The van der Waals surface area contributed by atoms with Crippen molar-refractivity contribution >= 4 is 11.8 Å². The summed E-state index contributed by atoms with van der Waals surface area (Å²) in [5, 5.41) is 12.6. The van der Waals surface area contributed by atoms with Crippen molar-refractivity contribution in [3.05, 3.63) is 22.9 Å². The van der Waals surface area contributed by atoms with Crippen LogP contribution < -0.4 is 5.32 Å². The monoisotopic (exact) mass is 291 g/mol. The molecule has 0 bridgehead atoms. The highest BCUT2D eigenvalue weighted by Crippen LogP contribution is 2.19. The number of anilines is 1. The Labute approximate surface area is 126 Å². The number of likely N-dealkylation sites (tertiary alicyclic amines) is 1. The smallest absolute Gasteiger partial charge is 0.339 e. The number of pyridine rings is 1. The van der Waals surface area contributed by atoms with Crippen molar-refractivity contribution in [3.63, 3.8) is 0 Å². The van der Waals surface area contributed by atoms with E-state index in [1.807, 2.05) is 19.9 Å². The molecule has 5 heteroatoms. The molecule has 2 rings (SSSR count). The van der Waals surface area contributed by atoms with E-state index in [-0.39, 0.29) is 5.56 Å². The fourth-order valence-corrected chi connectivity index (χ4v) is 2.97. The summed E-state index contributed by atoms with van der Waals surface area (Å²) in [4.78, 5) is 18.2. The first-order valence-electron chi connectivity index (χ1n) is 7.68. The van der Waals surface area contributed by atoms with E-state index in [1.54, 1.807) is 0 Å². The molecule has 2 N–H and O–H groups in total. The highest BCUT2D eigenvalue weighted by molar-refractivity contribution is 5.94. The fourth-order valence-electron chi connectivity index (χ4n) is 2.97. The van der Waals surface area contributed by atoms with Gasteiger partial charge < -0.3 is 10.4 Å². The van der Waals surface area contributed by atoms with Crippen molar-refractivity contribution < 1.29 is 9.90 Å². The van der Waals surface area contributed by atoms with Crippen molar-refractivity contribution in [3.8, 4) is 0 Å². The molecule has 1 saturated heterocycles. The van der Waals surface area contributed by atoms with E-state index in [2.05, 4.69) is 22.1 Å². The van der Waals surface area contributed by atoms with Gasteiger partial charge in [-0.25, -0.2) is 9.78 Å². The van der Waals surface area contributed by atoms with Gasteiger partial charge in [0.15, 0.2) is 0 Å². The molecule has 1 unspecified atom stereocenters. The molecule has 1 aliphatic heterocycles. The number of nitrogens with one attached hydrogen (secondary N) is 1. The molecule has 0 radical (unpaired) electrons.